The molecule has 6 nitrogen and oxygen atoms in total. The van der Waals surface area contributed by atoms with Crippen molar-refractivity contribution in [2.45, 2.75) is 25.9 Å². The van der Waals surface area contributed by atoms with Crippen molar-refractivity contribution in [2.24, 2.45) is 0 Å². The van der Waals surface area contributed by atoms with Gasteiger partial charge >= 0.3 is 0 Å². The van der Waals surface area contributed by atoms with Gasteiger partial charge in [-0.05, 0) is 37.3 Å². The molecule has 0 aliphatic rings. The fraction of sp³-hybridized carbons (Fsp3) is 0.211. The van der Waals surface area contributed by atoms with E-state index in [0.29, 0.717) is 29.5 Å². The third-order valence-electron chi connectivity index (χ3n) is 4.22. The predicted molar refractivity (Wildman–Crippen MR) is 99.9 cm³/mol. The lowest BCUT2D eigenvalue weighted by Crippen LogP contribution is -2.27. The lowest BCUT2D eigenvalue weighted by molar-refractivity contribution is -0.122. The van der Waals surface area contributed by atoms with Crippen LogP contribution in [0.4, 0.5) is 0 Å². The Morgan fingerprint density at radius 3 is 3.00 bits per heavy atom. The van der Waals surface area contributed by atoms with E-state index in [9.17, 15) is 4.79 Å². The van der Waals surface area contributed by atoms with Crippen LogP contribution in [0.5, 0.6) is 0 Å². The molecule has 1 amide bonds. The Labute approximate surface area is 154 Å². The molecule has 0 radical (unpaired) electrons. The standard InChI is InChI=1S/C19H17ClN4O2/c1-12(19-23-15-4-2-3-5-17(15)26-19)22-18(25)8-9-24-16-10-14(20)7-6-13(16)11-21-24/h2-7,10-12H,8-9H2,1H3,(H,22,25). The second-order valence-electron chi connectivity index (χ2n) is 6.13. The maximum Gasteiger partial charge on any atom is 0.222 e. The SMILES string of the molecule is CC(NC(=O)CCn1ncc2ccc(Cl)cc21)c1nc2ccccc2o1. The fourth-order valence-corrected chi connectivity index (χ4v) is 3.05. The van der Waals surface area contributed by atoms with E-state index < -0.39 is 0 Å². The lowest BCUT2D eigenvalue weighted by Gasteiger charge is -2.10. The number of nitrogens with zero attached hydrogens (tertiary/aromatic N) is 3. The highest BCUT2D eigenvalue weighted by Crippen LogP contribution is 2.21. The number of aromatic nitrogens is 3. The van der Waals surface area contributed by atoms with Crippen LogP contribution in [0.25, 0.3) is 22.0 Å². The summed E-state index contributed by atoms with van der Waals surface area (Å²) in [6.07, 6.45) is 2.07. The van der Waals surface area contributed by atoms with Gasteiger partial charge in [0.1, 0.15) is 11.6 Å². The molecule has 0 spiro atoms. The van der Waals surface area contributed by atoms with E-state index in [2.05, 4.69) is 15.4 Å². The zero-order valence-corrected chi connectivity index (χ0v) is 14.9. The van der Waals surface area contributed by atoms with E-state index in [-0.39, 0.29) is 11.9 Å². The molecule has 2 heterocycles. The highest BCUT2D eigenvalue weighted by molar-refractivity contribution is 6.31. The first kappa shape index (κ1) is 16.6. The molecule has 2 aromatic heterocycles. The van der Waals surface area contributed by atoms with E-state index in [1.54, 1.807) is 10.9 Å². The Balaban J connectivity index is 1.40. The number of benzene rings is 2. The summed E-state index contributed by atoms with van der Waals surface area (Å²) in [5.41, 5.74) is 2.41. The Morgan fingerprint density at radius 1 is 1.31 bits per heavy atom. The van der Waals surface area contributed by atoms with Crippen molar-refractivity contribution < 1.29 is 9.21 Å². The van der Waals surface area contributed by atoms with Gasteiger partial charge in [-0.25, -0.2) is 4.98 Å². The quantitative estimate of drug-likeness (QED) is 0.575. The van der Waals surface area contributed by atoms with Crippen LogP contribution < -0.4 is 5.32 Å². The van der Waals surface area contributed by atoms with Crippen molar-refractivity contribution in [3.8, 4) is 0 Å². The number of aryl methyl sites for hydroxylation is 1. The largest absolute Gasteiger partial charge is 0.438 e. The van der Waals surface area contributed by atoms with Gasteiger partial charge in [-0.1, -0.05) is 23.7 Å². The molecule has 0 aliphatic heterocycles. The maximum atomic E-state index is 12.3. The number of carbonyl (C=O) groups is 1. The smallest absolute Gasteiger partial charge is 0.222 e. The number of halogens is 1. The van der Waals surface area contributed by atoms with E-state index in [1.807, 2.05) is 49.4 Å². The number of oxazole rings is 1. The third-order valence-corrected chi connectivity index (χ3v) is 4.45. The number of para-hydroxylation sites is 2. The van der Waals surface area contributed by atoms with Crippen LogP contribution >= 0.6 is 11.6 Å². The molecule has 1 atom stereocenters. The van der Waals surface area contributed by atoms with Crippen LogP contribution in [0.1, 0.15) is 25.3 Å². The molecule has 0 saturated carbocycles. The molecule has 2 aromatic carbocycles. The number of nitrogens with one attached hydrogen (secondary N) is 1. The van der Waals surface area contributed by atoms with Crippen molar-refractivity contribution in [1.82, 2.24) is 20.1 Å². The first-order valence-corrected chi connectivity index (χ1v) is 8.74. The Morgan fingerprint density at radius 2 is 2.15 bits per heavy atom. The van der Waals surface area contributed by atoms with Crippen molar-refractivity contribution >= 4 is 39.5 Å². The van der Waals surface area contributed by atoms with Gasteiger partial charge in [-0.2, -0.15) is 5.10 Å². The molecule has 0 bridgehead atoms. The van der Waals surface area contributed by atoms with Gasteiger partial charge < -0.3 is 9.73 Å². The molecule has 132 valence electrons. The van der Waals surface area contributed by atoms with Crippen LogP contribution in [0, 0.1) is 0 Å². The van der Waals surface area contributed by atoms with Crippen molar-refractivity contribution in [3.63, 3.8) is 0 Å². The van der Waals surface area contributed by atoms with Crippen molar-refractivity contribution in [3.05, 3.63) is 59.6 Å². The zero-order chi connectivity index (χ0) is 18.1. The number of carbonyl (C=O) groups excluding carboxylic acids is 1. The molecule has 0 aliphatic carbocycles. The minimum absolute atomic E-state index is 0.0922. The normalized spacial score (nSPS) is 12.5. The van der Waals surface area contributed by atoms with E-state index in [1.165, 1.54) is 0 Å². The molecule has 7 heteroatoms. The van der Waals surface area contributed by atoms with Crippen LogP contribution in [-0.4, -0.2) is 20.7 Å². The first-order chi connectivity index (χ1) is 12.6. The first-order valence-electron chi connectivity index (χ1n) is 8.36. The summed E-state index contributed by atoms with van der Waals surface area (Å²) in [6, 6.07) is 12.8. The molecule has 4 rings (SSSR count). The summed E-state index contributed by atoms with van der Waals surface area (Å²) in [6.45, 7) is 2.32. The van der Waals surface area contributed by atoms with Crippen molar-refractivity contribution in [2.75, 3.05) is 0 Å². The average Bonchev–Trinajstić information content (AvgIpc) is 3.23. The number of fused-ring (bicyclic) bond motifs is 2. The lowest BCUT2D eigenvalue weighted by atomic mass is 10.2. The number of hydrogen-bond donors (Lipinski definition) is 1. The Hall–Kier alpha value is -2.86. The maximum absolute atomic E-state index is 12.3. The van der Waals surface area contributed by atoms with Crippen molar-refractivity contribution in [1.29, 1.82) is 0 Å². The Bertz CT molecular complexity index is 1050. The van der Waals surface area contributed by atoms with Gasteiger partial charge in [0.15, 0.2) is 5.58 Å². The molecule has 4 aromatic rings. The molecule has 26 heavy (non-hydrogen) atoms. The van der Waals surface area contributed by atoms with E-state index in [0.717, 1.165) is 16.4 Å². The van der Waals surface area contributed by atoms with Gasteiger partial charge in [-0.3, -0.25) is 9.48 Å². The van der Waals surface area contributed by atoms with Gasteiger partial charge in [0.2, 0.25) is 11.8 Å². The van der Waals surface area contributed by atoms with Gasteiger partial charge in [0.25, 0.3) is 0 Å². The highest BCUT2D eigenvalue weighted by Gasteiger charge is 2.16. The minimum atomic E-state index is -0.307. The molecule has 1 unspecified atom stereocenters. The summed E-state index contributed by atoms with van der Waals surface area (Å²) in [5.74, 6) is 0.404. The van der Waals surface area contributed by atoms with E-state index >= 15 is 0 Å². The Kier molecular flexibility index (Phi) is 4.34. The average molecular weight is 369 g/mol. The third kappa shape index (κ3) is 3.28. The van der Waals surface area contributed by atoms with Gasteiger partial charge in [-0.15, -0.1) is 0 Å². The predicted octanol–water partition coefficient (Wildman–Crippen LogP) is 4.10. The monoisotopic (exact) mass is 368 g/mol. The second kappa shape index (κ2) is 6.80. The fourth-order valence-electron chi connectivity index (χ4n) is 2.88. The zero-order valence-electron chi connectivity index (χ0n) is 14.1. The molecule has 1 N–H and O–H groups in total. The highest BCUT2D eigenvalue weighted by atomic mass is 35.5. The van der Waals surface area contributed by atoms with Crippen LogP contribution in [0.3, 0.4) is 0 Å². The number of amides is 1. The molecule has 0 fully saturated rings. The molecular formula is C19H17ClN4O2. The topological polar surface area (TPSA) is 73.0 Å². The van der Waals surface area contributed by atoms with E-state index in [4.69, 9.17) is 16.0 Å². The second-order valence-corrected chi connectivity index (χ2v) is 6.57. The van der Waals surface area contributed by atoms with Crippen LogP contribution in [-0.2, 0) is 11.3 Å². The summed E-state index contributed by atoms with van der Waals surface area (Å²) < 4.78 is 7.48. The van der Waals surface area contributed by atoms with Gasteiger partial charge in [0, 0.05) is 16.8 Å². The minimum Gasteiger partial charge on any atom is -0.438 e. The molecule has 0 saturated heterocycles. The van der Waals surface area contributed by atoms with Crippen LogP contribution in [0.2, 0.25) is 5.02 Å². The van der Waals surface area contributed by atoms with Gasteiger partial charge in [0.05, 0.1) is 18.3 Å². The summed E-state index contributed by atoms with van der Waals surface area (Å²) in [7, 11) is 0. The molecular weight excluding hydrogens is 352 g/mol. The number of hydrogen-bond acceptors (Lipinski definition) is 4. The van der Waals surface area contributed by atoms with Crippen LogP contribution in [0.15, 0.2) is 53.1 Å². The summed E-state index contributed by atoms with van der Waals surface area (Å²) in [5, 5.41) is 8.88. The summed E-state index contributed by atoms with van der Waals surface area (Å²) >= 11 is 6.04. The summed E-state index contributed by atoms with van der Waals surface area (Å²) in [4.78, 5) is 16.7. The number of rotatable bonds is 5.